The molecule has 0 spiro atoms. The molecule has 98 valence electrons. The number of hydrogen-bond donors (Lipinski definition) is 2. The number of allylic oxidation sites excluding steroid dienone is 1. The van der Waals surface area contributed by atoms with Crippen LogP contribution >= 0.6 is 27.5 Å². The minimum atomic E-state index is 0.405. The average molecular weight is 339 g/mol. The molecular formula is C14H13BrClN3. The number of benzene rings is 1. The summed E-state index contributed by atoms with van der Waals surface area (Å²) in [7, 11) is 1.80. The molecule has 1 aromatic carbocycles. The van der Waals surface area contributed by atoms with E-state index in [0.717, 1.165) is 26.6 Å². The molecule has 3 nitrogen and oxygen atoms in total. The van der Waals surface area contributed by atoms with Gasteiger partial charge in [-0.15, -0.1) is 0 Å². The highest BCUT2D eigenvalue weighted by Crippen LogP contribution is 2.29. The van der Waals surface area contributed by atoms with Gasteiger partial charge in [-0.05, 0) is 37.4 Å². The third kappa shape index (κ3) is 2.96. The fraction of sp³-hybridized carbons (Fsp3) is 0.143. The highest BCUT2D eigenvalue weighted by molar-refractivity contribution is 9.10. The van der Waals surface area contributed by atoms with Crippen LogP contribution in [-0.2, 0) is 0 Å². The molecule has 2 N–H and O–H groups in total. The lowest BCUT2D eigenvalue weighted by atomic mass is 10.1. The van der Waals surface area contributed by atoms with E-state index in [4.69, 9.17) is 17.0 Å². The van der Waals surface area contributed by atoms with Crippen LogP contribution in [0.5, 0.6) is 0 Å². The van der Waals surface area contributed by atoms with Gasteiger partial charge in [-0.25, -0.2) is 0 Å². The van der Waals surface area contributed by atoms with E-state index in [1.807, 2.05) is 25.1 Å². The number of nitrogens with one attached hydrogen (secondary N) is 2. The standard InChI is InChI=1S/C14H13BrClN3/c1-8-5-12(16)10-6-11(15)9(7-14(10)19-8)13(17)3-4-18-2/h3-7,17-18H,1-2H3/b4-3-,17-13?. The van der Waals surface area contributed by atoms with Crippen LogP contribution in [0.4, 0.5) is 0 Å². The Morgan fingerprint density at radius 3 is 2.84 bits per heavy atom. The van der Waals surface area contributed by atoms with Crippen molar-refractivity contribution < 1.29 is 0 Å². The Bertz CT molecular complexity index is 680. The van der Waals surface area contributed by atoms with Crippen LogP contribution in [0.15, 0.2) is 34.9 Å². The lowest BCUT2D eigenvalue weighted by Gasteiger charge is -2.08. The smallest absolute Gasteiger partial charge is 0.0727 e. The lowest BCUT2D eigenvalue weighted by molar-refractivity contribution is 1.10. The quantitative estimate of drug-likeness (QED) is 0.829. The zero-order chi connectivity index (χ0) is 14.0. The topological polar surface area (TPSA) is 48.8 Å². The first-order valence-electron chi connectivity index (χ1n) is 5.72. The van der Waals surface area contributed by atoms with Crippen LogP contribution in [0.2, 0.25) is 5.02 Å². The van der Waals surface area contributed by atoms with Gasteiger partial charge in [0.15, 0.2) is 0 Å². The van der Waals surface area contributed by atoms with Gasteiger partial charge in [-0.1, -0.05) is 27.5 Å². The second kappa shape index (κ2) is 5.72. The molecule has 1 heterocycles. The number of pyridine rings is 1. The van der Waals surface area contributed by atoms with Gasteiger partial charge in [-0.2, -0.15) is 0 Å². The molecule has 0 radical (unpaired) electrons. The van der Waals surface area contributed by atoms with E-state index < -0.39 is 0 Å². The molecule has 0 fully saturated rings. The molecular weight excluding hydrogens is 326 g/mol. The Labute approximate surface area is 125 Å². The largest absolute Gasteiger partial charge is 0.394 e. The van der Waals surface area contributed by atoms with Crippen LogP contribution < -0.4 is 5.32 Å². The molecule has 19 heavy (non-hydrogen) atoms. The molecule has 2 aromatic rings. The molecule has 0 bridgehead atoms. The summed E-state index contributed by atoms with van der Waals surface area (Å²) in [4.78, 5) is 4.46. The van der Waals surface area contributed by atoms with Gasteiger partial charge in [0, 0.05) is 28.2 Å². The first kappa shape index (κ1) is 14.0. The van der Waals surface area contributed by atoms with E-state index in [1.54, 1.807) is 19.3 Å². The molecule has 2 rings (SSSR count). The predicted octanol–water partition coefficient (Wildman–Crippen LogP) is 4.06. The normalized spacial score (nSPS) is 11.2. The third-order valence-electron chi connectivity index (χ3n) is 2.68. The molecule has 0 saturated heterocycles. The summed E-state index contributed by atoms with van der Waals surface area (Å²) in [5.41, 5.74) is 2.85. The highest BCUT2D eigenvalue weighted by Gasteiger charge is 2.09. The van der Waals surface area contributed by atoms with Gasteiger partial charge in [0.1, 0.15) is 0 Å². The van der Waals surface area contributed by atoms with E-state index in [-0.39, 0.29) is 0 Å². The van der Waals surface area contributed by atoms with Crippen molar-refractivity contribution in [3.8, 4) is 0 Å². The number of rotatable bonds is 3. The first-order chi connectivity index (χ1) is 9.02. The first-order valence-corrected chi connectivity index (χ1v) is 6.89. The van der Waals surface area contributed by atoms with Gasteiger partial charge in [0.25, 0.3) is 0 Å². The van der Waals surface area contributed by atoms with Crippen LogP contribution in [0.3, 0.4) is 0 Å². The SMILES string of the molecule is CN/C=C\C(=N)c1cc2nc(C)cc(Cl)c2cc1Br. The summed E-state index contributed by atoms with van der Waals surface area (Å²) in [5, 5.41) is 12.5. The van der Waals surface area contributed by atoms with Gasteiger partial charge in [-0.3, -0.25) is 4.98 Å². The van der Waals surface area contributed by atoms with Crippen molar-refractivity contribution in [3.05, 3.63) is 51.2 Å². The summed E-state index contributed by atoms with van der Waals surface area (Å²) in [6.07, 6.45) is 3.42. The molecule has 1 aromatic heterocycles. The van der Waals surface area contributed by atoms with Crippen LogP contribution in [0, 0.1) is 12.3 Å². The van der Waals surface area contributed by atoms with Gasteiger partial charge >= 0.3 is 0 Å². The highest BCUT2D eigenvalue weighted by atomic mass is 79.9. The predicted molar refractivity (Wildman–Crippen MR) is 84.2 cm³/mol. The Kier molecular flexibility index (Phi) is 4.22. The molecule has 0 atom stereocenters. The molecule has 0 aliphatic carbocycles. The number of halogens is 2. The zero-order valence-corrected chi connectivity index (χ0v) is 12.9. The maximum atomic E-state index is 8.04. The fourth-order valence-corrected chi connectivity index (χ4v) is 2.66. The summed E-state index contributed by atoms with van der Waals surface area (Å²) in [6, 6.07) is 5.62. The number of aryl methyl sites for hydroxylation is 1. The summed E-state index contributed by atoms with van der Waals surface area (Å²) in [6.45, 7) is 1.90. The molecule has 0 saturated carbocycles. The van der Waals surface area contributed by atoms with Crippen molar-refractivity contribution in [2.75, 3.05) is 7.05 Å². The van der Waals surface area contributed by atoms with Crippen LogP contribution in [0.1, 0.15) is 11.3 Å². The lowest BCUT2D eigenvalue weighted by Crippen LogP contribution is -2.00. The van der Waals surface area contributed by atoms with Gasteiger partial charge in [0.2, 0.25) is 0 Å². The average Bonchev–Trinajstić information content (AvgIpc) is 2.36. The van der Waals surface area contributed by atoms with Crippen molar-refractivity contribution in [1.82, 2.24) is 10.3 Å². The molecule has 5 heteroatoms. The fourth-order valence-electron chi connectivity index (χ4n) is 1.79. The molecule has 0 amide bonds. The van der Waals surface area contributed by atoms with Crippen LogP contribution in [-0.4, -0.2) is 17.7 Å². The van der Waals surface area contributed by atoms with E-state index in [1.165, 1.54) is 0 Å². The Morgan fingerprint density at radius 1 is 1.42 bits per heavy atom. The number of aromatic nitrogens is 1. The molecule has 0 aliphatic rings. The van der Waals surface area contributed by atoms with Crippen molar-refractivity contribution in [3.63, 3.8) is 0 Å². The monoisotopic (exact) mass is 337 g/mol. The second-order valence-electron chi connectivity index (χ2n) is 4.13. The number of fused-ring (bicyclic) bond motifs is 1. The van der Waals surface area contributed by atoms with E-state index in [9.17, 15) is 0 Å². The maximum Gasteiger partial charge on any atom is 0.0727 e. The van der Waals surface area contributed by atoms with Crippen molar-refractivity contribution in [2.45, 2.75) is 6.92 Å². The minimum Gasteiger partial charge on any atom is -0.394 e. The summed E-state index contributed by atoms with van der Waals surface area (Å²) in [5.74, 6) is 0. The van der Waals surface area contributed by atoms with Crippen molar-refractivity contribution >= 4 is 44.1 Å². The third-order valence-corrected chi connectivity index (χ3v) is 3.65. The Hall–Kier alpha value is -1.39. The van der Waals surface area contributed by atoms with Crippen molar-refractivity contribution in [1.29, 1.82) is 5.41 Å². The second-order valence-corrected chi connectivity index (χ2v) is 5.39. The van der Waals surface area contributed by atoms with Crippen molar-refractivity contribution in [2.24, 2.45) is 0 Å². The Balaban J connectivity index is 2.61. The van der Waals surface area contributed by atoms with E-state index >= 15 is 0 Å². The maximum absolute atomic E-state index is 8.04. The number of nitrogens with zero attached hydrogens (tertiary/aromatic N) is 1. The number of hydrogen-bond acceptors (Lipinski definition) is 3. The minimum absolute atomic E-state index is 0.405. The zero-order valence-electron chi connectivity index (χ0n) is 10.6. The van der Waals surface area contributed by atoms with Crippen LogP contribution in [0.25, 0.3) is 10.9 Å². The van der Waals surface area contributed by atoms with Gasteiger partial charge in [0.05, 0.1) is 16.3 Å². The van der Waals surface area contributed by atoms with E-state index in [0.29, 0.717) is 10.7 Å². The Morgan fingerprint density at radius 2 is 2.16 bits per heavy atom. The summed E-state index contributed by atoms with van der Waals surface area (Å²) >= 11 is 9.69. The van der Waals surface area contributed by atoms with Gasteiger partial charge < -0.3 is 10.7 Å². The molecule has 0 unspecified atom stereocenters. The molecule has 0 aliphatic heterocycles. The van der Waals surface area contributed by atoms with E-state index in [2.05, 4.69) is 26.2 Å². The summed E-state index contributed by atoms with van der Waals surface area (Å²) < 4.78 is 0.832.